The number of hydrogen-bond donors (Lipinski definition) is 0. The third kappa shape index (κ3) is 2.43. The standard InChI is InChI=1S/C9H8BrN7/c1-17-8(5-13-15-11)9(14-16-17)7-3-2-6(10)4-12-7/h2-4H,5H2,1H3. The molecule has 86 valence electrons. The third-order valence-corrected chi connectivity index (χ3v) is 2.67. The summed E-state index contributed by atoms with van der Waals surface area (Å²) >= 11 is 3.31. The van der Waals surface area contributed by atoms with Gasteiger partial charge in [0.1, 0.15) is 5.69 Å². The summed E-state index contributed by atoms with van der Waals surface area (Å²) in [4.78, 5) is 6.96. The van der Waals surface area contributed by atoms with Crippen LogP contribution in [0, 0.1) is 0 Å². The van der Waals surface area contributed by atoms with Crippen LogP contribution in [-0.4, -0.2) is 20.0 Å². The van der Waals surface area contributed by atoms with E-state index in [1.54, 1.807) is 17.9 Å². The first kappa shape index (κ1) is 11.6. The van der Waals surface area contributed by atoms with Crippen LogP contribution >= 0.6 is 15.9 Å². The van der Waals surface area contributed by atoms with E-state index in [1.165, 1.54) is 0 Å². The Morgan fingerprint density at radius 1 is 1.53 bits per heavy atom. The van der Waals surface area contributed by atoms with Crippen LogP contribution in [0.25, 0.3) is 21.8 Å². The van der Waals surface area contributed by atoms with Crippen molar-refractivity contribution in [3.63, 3.8) is 0 Å². The summed E-state index contributed by atoms with van der Waals surface area (Å²) < 4.78 is 2.47. The average Bonchev–Trinajstić information content (AvgIpc) is 2.69. The predicted octanol–water partition coefficient (Wildman–Crippen LogP) is 2.45. The Hall–Kier alpha value is -1.92. The molecule has 17 heavy (non-hydrogen) atoms. The van der Waals surface area contributed by atoms with Crippen molar-refractivity contribution in [2.24, 2.45) is 12.2 Å². The summed E-state index contributed by atoms with van der Waals surface area (Å²) in [7, 11) is 1.75. The Labute approximate surface area is 105 Å². The molecule has 0 radical (unpaired) electrons. The maximum atomic E-state index is 8.34. The molecule has 2 rings (SSSR count). The van der Waals surface area contributed by atoms with Gasteiger partial charge in [-0.15, -0.1) is 5.10 Å². The molecule has 8 heteroatoms. The first-order valence-corrected chi connectivity index (χ1v) is 5.53. The molecular weight excluding hydrogens is 286 g/mol. The van der Waals surface area contributed by atoms with Crippen molar-refractivity contribution in [2.45, 2.75) is 6.54 Å². The maximum Gasteiger partial charge on any atom is 0.134 e. The van der Waals surface area contributed by atoms with Crippen molar-refractivity contribution < 1.29 is 0 Å². The van der Waals surface area contributed by atoms with E-state index < -0.39 is 0 Å². The van der Waals surface area contributed by atoms with E-state index >= 15 is 0 Å². The summed E-state index contributed by atoms with van der Waals surface area (Å²) in [6, 6.07) is 3.70. The van der Waals surface area contributed by atoms with Gasteiger partial charge >= 0.3 is 0 Å². The lowest BCUT2D eigenvalue weighted by molar-refractivity contribution is 0.677. The van der Waals surface area contributed by atoms with Gasteiger partial charge in [0.2, 0.25) is 0 Å². The summed E-state index contributed by atoms with van der Waals surface area (Å²) in [5, 5.41) is 11.4. The Morgan fingerprint density at radius 3 is 3.00 bits per heavy atom. The molecule has 0 amide bonds. The van der Waals surface area contributed by atoms with E-state index in [1.807, 2.05) is 12.1 Å². The number of pyridine rings is 1. The van der Waals surface area contributed by atoms with Crippen molar-refractivity contribution in [2.75, 3.05) is 0 Å². The van der Waals surface area contributed by atoms with Gasteiger partial charge in [0, 0.05) is 22.6 Å². The van der Waals surface area contributed by atoms with Crippen LogP contribution < -0.4 is 0 Å². The van der Waals surface area contributed by atoms with Gasteiger partial charge in [0.25, 0.3) is 0 Å². The molecule has 2 aromatic rings. The summed E-state index contributed by atoms with van der Waals surface area (Å²) in [5.41, 5.74) is 10.4. The van der Waals surface area contributed by atoms with Gasteiger partial charge in [0.05, 0.1) is 17.9 Å². The van der Waals surface area contributed by atoms with Crippen LogP contribution in [0.15, 0.2) is 27.9 Å². The lowest BCUT2D eigenvalue weighted by Crippen LogP contribution is -1.98. The molecule has 0 bridgehead atoms. The lowest BCUT2D eigenvalue weighted by atomic mass is 10.2. The number of halogens is 1. The number of nitrogens with zero attached hydrogens (tertiary/aromatic N) is 7. The molecule has 0 saturated carbocycles. The van der Waals surface area contributed by atoms with E-state index in [-0.39, 0.29) is 6.54 Å². The molecular formula is C9H8BrN7. The molecule has 0 fully saturated rings. The second-order valence-corrected chi connectivity index (χ2v) is 4.17. The first-order chi connectivity index (χ1) is 8.22. The maximum absolute atomic E-state index is 8.34. The van der Waals surface area contributed by atoms with Gasteiger partial charge in [-0.05, 0) is 33.6 Å². The van der Waals surface area contributed by atoms with Gasteiger partial charge in [-0.2, -0.15) is 0 Å². The molecule has 0 atom stereocenters. The second kappa shape index (κ2) is 4.94. The predicted molar refractivity (Wildman–Crippen MR) is 64.8 cm³/mol. The molecule has 0 aliphatic rings. The zero-order chi connectivity index (χ0) is 12.3. The number of aromatic nitrogens is 4. The molecule has 2 heterocycles. The van der Waals surface area contributed by atoms with Crippen LogP contribution in [0.5, 0.6) is 0 Å². The highest BCUT2D eigenvalue weighted by Gasteiger charge is 2.12. The highest BCUT2D eigenvalue weighted by Crippen LogP contribution is 2.20. The van der Waals surface area contributed by atoms with E-state index in [0.717, 1.165) is 10.2 Å². The zero-order valence-corrected chi connectivity index (χ0v) is 10.5. The largest absolute Gasteiger partial charge is 0.253 e. The fraction of sp³-hybridized carbons (Fsp3) is 0.222. The van der Waals surface area contributed by atoms with Gasteiger partial charge < -0.3 is 0 Å². The highest BCUT2D eigenvalue weighted by molar-refractivity contribution is 9.10. The Kier molecular flexibility index (Phi) is 3.36. The zero-order valence-electron chi connectivity index (χ0n) is 8.95. The Morgan fingerprint density at radius 2 is 2.35 bits per heavy atom. The summed E-state index contributed by atoms with van der Waals surface area (Å²) in [6.07, 6.45) is 1.68. The van der Waals surface area contributed by atoms with E-state index in [2.05, 4.69) is 41.3 Å². The van der Waals surface area contributed by atoms with Crippen molar-refractivity contribution in [1.82, 2.24) is 20.0 Å². The van der Waals surface area contributed by atoms with Gasteiger partial charge in [-0.3, -0.25) is 9.67 Å². The normalized spacial score (nSPS) is 10.0. The SMILES string of the molecule is Cn1nnc(-c2ccc(Br)cn2)c1CN=[N+]=[N-]. The summed E-state index contributed by atoms with van der Waals surface area (Å²) in [5.74, 6) is 0. The van der Waals surface area contributed by atoms with E-state index in [0.29, 0.717) is 11.4 Å². The number of hydrogen-bond acceptors (Lipinski definition) is 4. The van der Waals surface area contributed by atoms with Crippen molar-refractivity contribution in [1.29, 1.82) is 0 Å². The monoisotopic (exact) mass is 293 g/mol. The number of azide groups is 1. The minimum absolute atomic E-state index is 0.201. The fourth-order valence-electron chi connectivity index (χ4n) is 1.37. The van der Waals surface area contributed by atoms with Crippen LogP contribution in [0.4, 0.5) is 0 Å². The lowest BCUT2D eigenvalue weighted by Gasteiger charge is -2.00. The van der Waals surface area contributed by atoms with Crippen molar-refractivity contribution in [3.8, 4) is 11.4 Å². The second-order valence-electron chi connectivity index (χ2n) is 3.26. The molecule has 0 aromatic carbocycles. The molecule has 0 aliphatic heterocycles. The van der Waals surface area contributed by atoms with E-state index in [9.17, 15) is 0 Å². The molecule has 0 spiro atoms. The molecule has 0 unspecified atom stereocenters. The quantitative estimate of drug-likeness (QED) is 0.494. The molecule has 0 aliphatic carbocycles. The van der Waals surface area contributed by atoms with Crippen molar-refractivity contribution in [3.05, 3.63) is 38.9 Å². The minimum atomic E-state index is 0.201. The van der Waals surface area contributed by atoms with Gasteiger partial charge in [0.15, 0.2) is 0 Å². The van der Waals surface area contributed by atoms with Gasteiger partial charge in [-0.1, -0.05) is 10.3 Å². The Balaban J connectivity index is 2.44. The number of aryl methyl sites for hydroxylation is 1. The van der Waals surface area contributed by atoms with Crippen LogP contribution in [0.3, 0.4) is 0 Å². The highest BCUT2D eigenvalue weighted by atomic mass is 79.9. The minimum Gasteiger partial charge on any atom is -0.253 e. The first-order valence-electron chi connectivity index (χ1n) is 4.73. The topological polar surface area (TPSA) is 92.4 Å². The van der Waals surface area contributed by atoms with Gasteiger partial charge in [-0.25, -0.2) is 0 Å². The molecule has 2 aromatic heterocycles. The fourth-order valence-corrected chi connectivity index (χ4v) is 1.60. The molecule has 0 N–H and O–H groups in total. The van der Waals surface area contributed by atoms with Crippen LogP contribution in [-0.2, 0) is 13.6 Å². The molecule has 7 nitrogen and oxygen atoms in total. The van der Waals surface area contributed by atoms with E-state index in [4.69, 9.17) is 5.53 Å². The average molecular weight is 294 g/mol. The summed E-state index contributed by atoms with van der Waals surface area (Å²) in [6.45, 7) is 0.201. The smallest absolute Gasteiger partial charge is 0.134 e. The number of rotatable bonds is 3. The van der Waals surface area contributed by atoms with Crippen LogP contribution in [0.2, 0.25) is 0 Å². The molecule has 0 saturated heterocycles. The van der Waals surface area contributed by atoms with Crippen molar-refractivity contribution >= 4 is 15.9 Å². The Bertz CT molecular complexity index is 568. The third-order valence-electron chi connectivity index (χ3n) is 2.20. The van der Waals surface area contributed by atoms with Crippen LogP contribution in [0.1, 0.15) is 5.69 Å².